The first-order valence-electron chi connectivity index (χ1n) is 7.56. The van der Waals surface area contributed by atoms with Crippen LogP contribution in [0.2, 0.25) is 0 Å². The van der Waals surface area contributed by atoms with Crippen LogP contribution < -0.4 is 0 Å². The minimum absolute atomic E-state index is 0.150. The highest BCUT2D eigenvalue weighted by Crippen LogP contribution is 2.32. The third kappa shape index (κ3) is 3.80. The van der Waals surface area contributed by atoms with E-state index in [4.69, 9.17) is 4.74 Å². The molecule has 5 nitrogen and oxygen atoms in total. The van der Waals surface area contributed by atoms with Crippen molar-refractivity contribution in [2.24, 2.45) is 0 Å². The van der Waals surface area contributed by atoms with Crippen molar-refractivity contribution in [1.29, 1.82) is 0 Å². The van der Waals surface area contributed by atoms with E-state index in [0.29, 0.717) is 13.0 Å². The normalized spacial score (nSPS) is 20.0. The van der Waals surface area contributed by atoms with E-state index >= 15 is 0 Å². The van der Waals surface area contributed by atoms with Gasteiger partial charge in [-0.15, -0.1) is 0 Å². The molecule has 0 saturated carbocycles. The average Bonchev–Trinajstić information content (AvgIpc) is 2.49. The van der Waals surface area contributed by atoms with Crippen LogP contribution in [0.1, 0.15) is 25.8 Å². The largest absolute Gasteiger partial charge is 0.466 e. The fourth-order valence-corrected chi connectivity index (χ4v) is 2.87. The molecule has 1 aromatic rings. The Morgan fingerprint density at radius 3 is 2.67 bits per heavy atom. The molecule has 0 aliphatic carbocycles. The van der Waals surface area contributed by atoms with Crippen LogP contribution in [0.3, 0.4) is 0 Å². The summed E-state index contributed by atoms with van der Waals surface area (Å²) in [6.07, 6.45) is 3.98. The van der Waals surface area contributed by atoms with Crippen LogP contribution in [0.15, 0.2) is 24.5 Å². The zero-order valence-corrected chi connectivity index (χ0v) is 13.2. The fraction of sp³-hybridized carbons (Fsp3) is 0.625. The van der Waals surface area contributed by atoms with Gasteiger partial charge in [0.1, 0.15) is 0 Å². The van der Waals surface area contributed by atoms with Crippen molar-refractivity contribution in [3.05, 3.63) is 30.1 Å². The van der Waals surface area contributed by atoms with Crippen LogP contribution in [0.25, 0.3) is 0 Å². The predicted molar refractivity (Wildman–Crippen MR) is 81.9 cm³/mol. The molecule has 2 heterocycles. The maximum Gasteiger partial charge on any atom is 0.308 e. The smallest absolute Gasteiger partial charge is 0.308 e. The summed E-state index contributed by atoms with van der Waals surface area (Å²) < 4.78 is 5.17. The molecule has 116 valence electrons. The quantitative estimate of drug-likeness (QED) is 0.769. The second-order valence-corrected chi connectivity index (χ2v) is 5.79. The summed E-state index contributed by atoms with van der Waals surface area (Å²) in [5, 5.41) is 0. The molecule has 2 rings (SSSR count). The first-order chi connectivity index (χ1) is 10.1. The number of pyridine rings is 1. The monoisotopic (exact) mass is 291 g/mol. The van der Waals surface area contributed by atoms with E-state index in [9.17, 15) is 4.79 Å². The molecule has 21 heavy (non-hydrogen) atoms. The van der Waals surface area contributed by atoms with Crippen molar-refractivity contribution in [2.45, 2.75) is 25.8 Å². The highest BCUT2D eigenvalue weighted by molar-refractivity contribution is 5.71. The number of rotatable bonds is 5. The third-order valence-corrected chi connectivity index (χ3v) is 4.28. The summed E-state index contributed by atoms with van der Waals surface area (Å²) in [6.45, 7) is 8.30. The molecule has 5 heteroatoms. The van der Waals surface area contributed by atoms with Gasteiger partial charge in [0.15, 0.2) is 0 Å². The van der Waals surface area contributed by atoms with Gasteiger partial charge in [-0.25, -0.2) is 0 Å². The van der Waals surface area contributed by atoms with Crippen molar-refractivity contribution in [1.82, 2.24) is 14.8 Å². The lowest BCUT2D eigenvalue weighted by Crippen LogP contribution is -2.54. The van der Waals surface area contributed by atoms with Crippen LogP contribution in [0.5, 0.6) is 0 Å². The lowest BCUT2D eigenvalue weighted by molar-refractivity contribution is -0.147. The van der Waals surface area contributed by atoms with Gasteiger partial charge in [-0.05, 0) is 32.5 Å². The molecule has 0 spiro atoms. The van der Waals surface area contributed by atoms with Crippen LogP contribution in [-0.2, 0) is 15.1 Å². The van der Waals surface area contributed by atoms with Gasteiger partial charge in [0.05, 0.1) is 18.6 Å². The Bertz CT molecular complexity index is 458. The Hall–Kier alpha value is -1.46. The molecule has 1 atom stereocenters. The fourth-order valence-electron chi connectivity index (χ4n) is 2.87. The van der Waals surface area contributed by atoms with E-state index in [2.05, 4.69) is 28.8 Å². The highest BCUT2D eigenvalue weighted by Gasteiger charge is 2.37. The topological polar surface area (TPSA) is 45.7 Å². The molecule has 1 fully saturated rings. The standard InChI is InChI=1S/C16H25N3O2/c1-4-21-15(20)12-16(2,14-6-5-7-17-13-14)19-10-8-18(3)9-11-19/h5-7,13H,4,8-12H2,1-3H3. The first kappa shape index (κ1) is 15.9. The lowest BCUT2D eigenvalue weighted by atomic mass is 9.87. The molecule has 0 amide bonds. The Morgan fingerprint density at radius 2 is 2.10 bits per heavy atom. The van der Waals surface area contributed by atoms with Gasteiger partial charge in [0.25, 0.3) is 0 Å². The van der Waals surface area contributed by atoms with E-state index in [-0.39, 0.29) is 11.5 Å². The van der Waals surface area contributed by atoms with Gasteiger partial charge < -0.3 is 9.64 Å². The van der Waals surface area contributed by atoms with E-state index in [1.165, 1.54) is 0 Å². The molecule has 1 saturated heterocycles. The Morgan fingerprint density at radius 1 is 1.38 bits per heavy atom. The molecule has 1 aromatic heterocycles. The van der Waals surface area contributed by atoms with E-state index < -0.39 is 0 Å². The van der Waals surface area contributed by atoms with Gasteiger partial charge in [-0.2, -0.15) is 0 Å². The van der Waals surface area contributed by atoms with Crippen LogP contribution in [-0.4, -0.2) is 60.6 Å². The number of hydrogen-bond donors (Lipinski definition) is 0. The Balaban J connectivity index is 2.23. The summed E-state index contributed by atoms with van der Waals surface area (Å²) in [5.74, 6) is -0.150. The average molecular weight is 291 g/mol. The predicted octanol–water partition coefficient (Wildman–Crippen LogP) is 1.50. The maximum atomic E-state index is 12.1. The number of nitrogens with zero attached hydrogens (tertiary/aromatic N) is 3. The van der Waals surface area contributed by atoms with Crippen molar-refractivity contribution in [2.75, 3.05) is 39.8 Å². The SMILES string of the molecule is CCOC(=O)CC(C)(c1cccnc1)N1CCN(C)CC1. The van der Waals surface area contributed by atoms with Crippen molar-refractivity contribution < 1.29 is 9.53 Å². The van der Waals surface area contributed by atoms with Gasteiger partial charge in [-0.3, -0.25) is 14.7 Å². The molecule has 0 N–H and O–H groups in total. The summed E-state index contributed by atoms with van der Waals surface area (Å²) in [7, 11) is 2.13. The number of ether oxygens (including phenoxy) is 1. The molecule has 0 radical (unpaired) electrons. The second kappa shape index (κ2) is 7.00. The lowest BCUT2D eigenvalue weighted by Gasteiger charge is -2.45. The van der Waals surface area contributed by atoms with Crippen molar-refractivity contribution in [3.63, 3.8) is 0 Å². The zero-order valence-electron chi connectivity index (χ0n) is 13.2. The third-order valence-electron chi connectivity index (χ3n) is 4.28. The Kier molecular flexibility index (Phi) is 5.31. The maximum absolute atomic E-state index is 12.1. The minimum Gasteiger partial charge on any atom is -0.466 e. The molecular weight excluding hydrogens is 266 g/mol. The summed E-state index contributed by atoms with van der Waals surface area (Å²) in [4.78, 5) is 21.0. The van der Waals surface area contributed by atoms with E-state index in [0.717, 1.165) is 31.7 Å². The number of carbonyl (C=O) groups is 1. The van der Waals surface area contributed by atoms with E-state index in [1.807, 2.05) is 25.3 Å². The highest BCUT2D eigenvalue weighted by atomic mass is 16.5. The van der Waals surface area contributed by atoms with Crippen molar-refractivity contribution in [3.8, 4) is 0 Å². The number of likely N-dealkylation sites (N-methyl/N-ethyl adjacent to an activating group) is 1. The summed E-state index contributed by atoms with van der Waals surface area (Å²) in [5.41, 5.74) is 0.713. The van der Waals surface area contributed by atoms with Gasteiger partial charge in [-0.1, -0.05) is 6.07 Å². The molecule has 1 aliphatic heterocycles. The summed E-state index contributed by atoms with van der Waals surface area (Å²) >= 11 is 0. The van der Waals surface area contributed by atoms with Gasteiger partial charge in [0, 0.05) is 38.6 Å². The van der Waals surface area contributed by atoms with Crippen molar-refractivity contribution >= 4 is 5.97 Å². The molecule has 1 aliphatic rings. The number of esters is 1. The van der Waals surface area contributed by atoms with Crippen LogP contribution in [0, 0.1) is 0 Å². The molecule has 0 bridgehead atoms. The molecule has 0 aromatic carbocycles. The number of aromatic nitrogens is 1. The number of hydrogen-bond acceptors (Lipinski definition) is 5. The number of carbonyl (C=O) groups excluding carboxylic acids is 1. The van der Waals surface area contributed by atoms with Gasteiger partial charge >= 0.3 is 5.97 Å². The van der Waals surface area contributed by atoms with Gasteiger partial charge in [0.2, 0.25) is 0 Å². The molecular formula is C16H25N3O2. The minimum atomic E-state index is -0.359. The van der Waals surface area contributed by atoms with Crippen LogP contribution in [0.4, 0.5) is 0 Å². The second-order valence-electron chi connectivity index (χ2n) is 5.79. The van der Waals surface area contributed by atoms with Crippen LogP contribution >= 0.6 is 0 Å². The van der Waals surface area contributed by atoms with E-state index in [1.54, 1.807) is 6.20 Å². The summed E-state index contributed by atoms with van der Waals surface area (Å²) in [6, 6.07) is 3.97. The molecule has 1 unspecified atom stereocenters. The first-order valence-corrected chi connectivity index (χ1v) is 7.56. The zero-order chi connectivity index (χ0) is 15.3. The Labute approximate surface area is 126 Å². The number of piperazine rings is 1.